The van der Waals surface area contributed by atoms with Gasteiger partial charge in [-0.2, -0.15) is 0 Å². The zero-order chi connectivity index (χ0) is 14.0. The van der Waals surface area contributed by atoms with Crippen LogP contribution in [0, 0.1) is 6.92 Å². The maximum absolute atomic E-state index is 5.93. The van der Waals surface area contributed by atoms with E-state index in [9.17, 15) is 0 Å². The normalized spacial score (nSPS) is 13.1. The molecular formula is C13H20ClN3OS. The molecule has 0 unspecified atom stereocenters. The van der Waals surface area contributed by atoms with Crippen molar-refractivity contribution in [3.05, 3.63) is 23.1 Å². The fourth-order valence-electron chi connectivity index (χ4n) is 1.71. The lowest BCUT2D eigenvalue weighted by atomic mass is 10.4. The fourth-order valence-corrected chi connectivity index (χ4v) is 2.47. The number of nitrogens with zero attached hydrogens (tertiary/aromatic N) is 3. The van der Waals surface area contributed by atoms with E-state index < -0.39 is 10.0 Å². The standard InChI is InChI=1S/C13H20ClN3OS/c1-10-15-11-5-6-12(14)16-13(11)17(10)9-18-7-8-19(2,3)4/h5-6H,7-9H2,1-4H3. The van der Waals surface area contributed by atoms with Gasteiger partial charge in [0.05, 0.1) is 6.61 Å². The van der Waals surface area contributed by atoms with Crippen LogP contribution in [0.5, 0.6) is 0 Å². The van der Waals surface area contributed by atoms with Crippen LogP contribution >= 0.6 is 21.6 Å². The Morgan fingerprint density at radius 3 is 2.68 bits per heavy atom. The van der Waals surface area contributed by atoms with Gasteiger partial charge in [-0.1, -0.05) is 11.6 Å². The highest BCUT2D eigenvalue weighted by Gasteiger charge is 2.10. The maximum Gasteiger partial charge on any atom is 0.163 e. The van der Waals surface area contributed by atoms with E-state index in [1.54, 1.807) is 6.07 Å². The molecule has 0 radical (unpaired) electrons. The molecule has 0 spiro atoms. The van der Waals surface area contributed by atoms with Crippen LogP contribution in [0.2, 0.25) is 5.15 Å². The molecule has 19 heavy (non-hydrogen) atoms. The van der Waals surface area contributed by atoms with E-state index in [1.165, 1.54) is 0 Å². The number of hydrogen-bond acceptors (Lipinski definition) is 3. The van der Waals surface area contributed by atoms with Crippen LogP contribution in [0.4, 0.5) is 0 Å². The predicted molar refractivity (Wildman–Crippen MR) is 83.5 cm³/mol. The van der Waals surface area contributed by atoms with Crippen LogP contribution in [0.1, 0.15) is 5.82 Å². The number of imidazole rings is 1. The second-order valence-corrected chi connectivity index (χ2v) is 10.4. The van der Waals surface area contributed by atoms with Crippen molar-refractivity contribution in [3.8, 4) is 0 Å². The van der Waals surface area contributed by atoms with Crippen LogP contribution in [0.15, 0.2) is 12.1 Å². The molecule has 2 aromatic heterocycles. The number of halogens is 1. The van der Waals surface area contributed by atoms with Crippen molar-refractivity contribution in [1.82, 2.24) is 14.5 Å². The summed E-state index contributed by atoms with van der Waals surface area (Å²) in [5.41, 5.74) is 1.64. The Kier molecular flexibility index (Phi) is 4.38. The molecule has 0 fully saturated rings. The summed E-state index contributed by atoms with van der Waals surface area (Å²) in [6, 6.07) is 3.64. The lowest BCUT2D eigenvalue weighted by Crippen LogP contribution is -2.11. The van der Waals surface area contributed by atoms with Crippen molar-refractivity contribution in [2.24, 2.45) is 0 Å². The molecule has 0 bridgehead atoms. The van der Waals surface area contributed by atoms with E-state index in [0.29, 0.717) is 11.9 Å². The summed E-state index contributed by atoms with van der Waals surface area (Å²) in [4.78, 5) is 8.76. The summed E-state index contributed by atoms with van der Waals surface area (Å²) in [6.07, 6.45) is 6.86. The third kappa shape index (κ3) is 3.84. The molecule has 4 nitrogen and oxygen atoms in total. The van der Waals surface area contributed by atoms with E-state index in [4.69, 9.17) is 16.3 Å². The van der Waals surface area contributed by atoms with E-state index >= 15 is 0 Å². The Morgan fingerprint density at radius 1 is 1.26 bits per heavy atom. The van der Waals surface area contributed by atoms with Gasteiger partial charge in [-0.05, 0) is 37.8 Å². The summed E-state index contributed by atoms with van der Waals surface area (Å²) in [7, 11) is -0.511. The molecule has 0 N–H and O–H groups in total. The minimum Gasteiger partial charge on any atom is -0.360 e. The topological polar surface area (TPSA) is 39.9 Å². The largest absolute Gasteiger partial charge is 0.360 e. The molecule has 106 valence electrons. The number of aryl methyl sites for hydroxylation is 1. The summed E-state index contributed by atoms with van der Waals surface area (Å²) in [6.45, 7) is 3.19. The molecule has 0 atom stereocenters. The highest BCUT2D eigenvalue weighted by molar-refractivity contribution is 8.32. The van der Waals surface area contributed by atoms with Gasteiger partial charge in [-0.15, -0.1) is 0 Å². The van der Waals surface area contributed by atoms with Gasteiger partial charge in [0.1, 0.15) is 23.2 Å². The van der Waals surface area contributed by atoms with Crippen molar-refractivity contribution in [2.45, 2.75) is 13.7 Å². The van der Waals surface area contributed by atoms with Crippen molar-refractivity contribution < 1.29 is 4.74 Å². The molecule has 2 heterocycles. The van der Waals surface area contributed by atoms with Crippen LogP contribution < -0.4 is 0 Å². The molecular weight excluding hydrogens is 282 g/mol. The first kappa shape index (κ1) is 14.6. The molecule has 0 aliphatic heterocycles. The number of ether oxygens (including phenoxy) is 1. The molecule has 0 aliphatic carbocycles. The van der Waals surface area contributed by atoms with E-state index in [1.807, 2.05) is 17.6 Å². The Hall–Kier alpha value is -0.780. The monoisotopic (exact) mass is 301 g/mol. The van der Waals surface area contributed by atoms with Crippen LogP contribution in [0.3, 0.4) is 0 Å². The van der Waals surface area contributed by atoms with Gasteiger partial charge in [-0.3, -0.25) is 4.57 Å². The van der Waals surface area contributed by atoms with E-state index in [-0.39, 0.29) is 0 Å². The maximum atomic E-state index is 5.93. The number of fused-ring (bicyclic) bond motifs is 1. The van der Waals surface area contributed by atoms with Crippen molar-refractivity contribution in [2.75, 3.05) is 31.1 Å². The second-order valence-electron chi connectivity index (χ2n) is 5.40. The van der Waals surface area contributed by atoms with Crippen molar-refractivity contribution in [3.63, 3.8) is 0 Å². The first-order valence-corrected chi connectivity index (χ1v) is 9.50. The first-order valence-electron chi connectivity index (χ1n) is 6.10. The number of pyridine rings is 1. The molecule has 6 heteroatoms. The van der Waals surface area contributed by atoms with Gasteiger partial charge in [0.15, 0.2) is 5.65 Å². The zero-order valence-electron chi connectivity index (χ0n) is 11.8. The molecule has 2 rings (SSSR count). The van der Waals surface area contributed by atoms with Crippen molar-refractivity contribution >= 4 is 32.8 Å². The van der Waals surface area contributed by atoms with Gasteiger partial charge in [0, 0.05) is 5.75 Å². The lowest BCUT2D eigenvalue weighted by Gasteiger charge is -2.24. The van der Waals surface area contributed by atoms with Gasteiger partial charge in [0.25, 0.3) is 0 Å². The van der Waals surface area contributed by atoms with E-state index in [0.717, 1.165) is 29.3 Å². The molecule has 0 aliphatic rings. The molecule has 0 saturated heterocycles. The van der Waals surface area contributed by atoms with Gasteiger partial charge >= 0.3 is 0 Å². The van der Waals surface area contributed by atoms with Gasteiger partial charge in [0.2, 0.25) is 0 Å². The Labute approximate surface area is 120 Å². The second kappa shape index (κ2) is 5.69. The summed E-state index contributed by atoms with van der Waals surface area (Å²) >= 11 is 5.93. The third-order valence-electron chi connectivity index (χ3n) is 2.81. The number of rotatable bonds is 5. The highest BCUT2D eigenvalue weighted by Crippen LogP contribution is 2.33. The first-order chi connectivity index (χ1) is 8.87. The lowest BCUT2D eigenvalue weighted by molar-refractivity contribution is 0.0906. The Morgan fingerprint density at radius 2 is 2.00 bits per heavy atom. The van der Waals surface area contributed by atoms with Crippen LogP contribution in [-0.2, 0) is 11.5 Å². The zero-order valence-corrected chi connectivity index (χ0v) is 13.4. The van der Waals surface area contributed by atoms with Gasteiger partial charge < -0.3 is 4.74 Å². The molecule has 0 aromatic carbocycles. The minimum absolute atomic E-state index is 0.477. The van der Waals surface area contributed by atoms with E-state index in [2.05, 4.69) is 28.7 Å². The third-order valence-corrected chi connectivity index (χ3v) is 4.41. The quantitative estimate of drug-likeness (QED) is 0.629. The van der Waals surface area contributed by atoms with Gasteiger partial charge in [-0.25, -0.2) is 20.0 Å². The van der Waals surface area contributed by atoms with Crippen LogP contribution in [0.25, 0.3) is 11.2 Å². The smallest absolute Gasteiger partial charge is 0.163 e. The minimum atomic E-state index is -0.511. The average molecular weight is 302 g/mol. The molecule has 0 amide bonds. The van der Waals surface area contributed by atoms with Crippen LogP contribution in [-0.4, -0.2) is 45.7 Å². The highest BCUT2D eigenvalue weighted by atomic mass is 35.5. The summed E-state index contributed by atoms with van der Waals surface area (Å²) in [5, 5.41) is 0.479. The number of hydrogen-bond donors (Lipinski definition) is 0. The fraction of sp³-hybridized carbons (Fsp3) is 0.538. The number of aromatic nitrogens is 3. The predicted octanol–water partition coefficient (Wildman–Crippen LogP) is 3.06. The summed E-state index contributed by atoms with van der Waals surface area (Å²) in [5.74, 6) is 2.00. The Bertz CT molecular complexity index is 577. The SMILES string of the molecule is Cc1nc2ccc(Cl)nc2n1COCCS(C)(C)C. The van der Waals surface area contributed by atoms with Crippen molar-refractivity contribution in [1.29, 1.82) is 0 Å². The molecule has 2 aromatic rings. The summed E-state index contributed by atoms with van der Waals surface area (Å²) < 4.78 is 7.70. The molecule has 0 saturated carbocycles. The average Bonchev–Trinajstić information content (AvgIpc) is 2.59. The Balaban J connectivity index is 2.08.